The molecule has 0 bridgehead atoms. The molecular formula is C24H34N2O3S. The van der Waals surface area contributed by atoms with Crippen LogP contribution in [0.25, 0.3) is 0 Å². The number of hydrogen-bond donors (Lipinski definition) is 2. The first-order valence-corrected chi connectivity index (χ1v) is 13.2. The summed E-state index contributed by atoms with van der Waals surface area (Å²) in [5.74, 6) is 4.20. The number of benzene rings is 1. The summed E-state index contributed by atoms with van der Waals surface area (Å²) in [5, 5.41) is 14.5. The number of hydrogen-bond acceptors (Lipinski definition) is 4. The summed E-state index contributed by atoms with van der Waals surface area (Å²) >= 11 is 0. The summed E-state index contributed by atoms with van der Waals surface area (Å²) in [6, 6.07) is 6.91. The second-order valence-corrected chi connectivity index (χ2v) is 11.9. The highest BCUT2D eigenvalue weighted by molar-refractivity contribution is 7.89. The minimum absolute atomic E-state index is 0.0779. The third kappa shape index (κ3) is 3.70. The van der Waals surface area contributed by atoms with Gasteiger partial charge in [-0.25, -0.2) is 4.83 Å². The zero-order valence-electron chi connectivity index (χ0n) is 17.8. The third-order valence-corrected chi connectivity index (χ3v) is 9.89. The van der Waals surface area contributed by atoms with E-state index in [4.69, 9.17) is 0 Å². The van der Waals surface area contributed by atoms with Gasteiger partial charge in [0.1, 0.15) is 0 Å². The van der Waals surface area contributed by atoms with E-state index < -0.39 is 10.0 Å². The van der Waals surface area contributed by atoms with Gasteiger partial charge < -0.3 is 5.11 Å². The topological polar surface area (TPSA) is 78.8 Å². The van der Waals surface area contributed by atoms with Crippen molar-refractivity contribution in [3.63, 3.8) is 0 Å². The number of aliphatic hydroxyl groups is 1. The van der Waals surface area contributed by atoms with E-state index in [2.05, 4.69) is 9.93 Å². The van der Waals surface area contributed by atoms with Crippen LogP contribution in [0.3, 0.4) is 0 Å². The summed E-state index contributed by atoms with van der Waals surface area (Å²) in [7, 11) is -3.61. The van der Waals surface area contributed by atoms with Crippen LogP contribution in [0.5, 0.6) is 0 Å². The Labute approximate surface area is 180 Å². The van der Waals surface area contributed by atoms with Gasteiger partial charge in [0.25, 0.3) is 10.0 Å². The lowest BCUT2D eigenvalue weighted by Gasteiger charge is -2.52. The van der Waals surface area contributed by atoms with E-state index in [0.29, 0.717) is 11.8 Å². The molecule has 4 fully saturated rings. The number of hydrazone groups is 1. The van der Waals surface area contributed by atoms with Crippen LogP contribution < -0.4 is 4.83 Å². The molecule has 1 aromatic rings. The molecule has 4 aliphatic rings. The minimum Gasteiger partial charge on any atom is -0.393 e. The molecule has 0 aromatic heterocycles. The highest BCUT2D eigenvalue weighted by Gasteiger charge is 2.51. The van der Waals surface area contributed by atoms with Gasteiger partial charge in [0.2, 0.25) is 0 Å². The van der Waals surface area contributed by atoms with Gasteiger partial charge in [0.05, 0.1) is 11.0 Å². The number of rotatable bonds is 3. The number of sulfonamides is 1. The van der Waals surface area contributed by atoms with Crippen LogP contribution >= 0.6 is 0 Å². The molecule has 4 saturated carbocycles. The average Bonchev–Trinajstić information content (AvgIpc) is 3.15. The zero-order chi connectivity index (χ0) is 20.9. The maximum atomic E-state index is 12.6. The molecule has 0 saturated heterocycles. The van der Waals surface area contributed by atoms with Gasteiger partial charge in [-0.2, -0.15) is 13.5 Å². The zero-order valence-corrected chi connectivity index (χ0v) is 18.7. The van der Waals surface area contributed by atoms with E-state index >= 15 is 0 Å². The Bertz CT molecular complexity index is 911. The van der Waals surface area contributed by atoms with Crippen LogP contribution in [-0.2, 0) is 10.0 Å². The van der Waals surface area contributed by atoms with Crippen LogP contribution in [0.15, 0.2) is 34.3 Å². The molecule has 2 N–H and O–H groups in total. The highest BCUT2D eigenvalue weighted by Crippen LogP contribution is 2.57. The van der Waals surface area contributed by atoms with Crippen molar-refractivity contribution in [3.05, 3.63) is 29.8 Å². The summed E-state index contributed by atoms with van der Waals surface area (Å²) in [4.78, 5) is 2.80. The van der Waals surface area contributed by atoms with Crippen LogP contribution in [0.4, 0.5) is 0 Å². The standard InChI is InChI=1S/C24H34N2O3S/c1-15-2-6-18(7-3-15)30(28,29)26-25-24-13-12-22-21-8-4-16-14-17(27)5-9-19(16)20(21)10-11-23(22)24/h2-3,6-7,16-17,19-23,26-27H,4-5,8-14H2,1H3/b25-24-/t16-,17-,19+,20+,21-,22-,23-/m0/s1. The molecule has 0 radical (unpaired) electrons. The maximum absolute atomic E-state index is 12.6. The fraction of sp³-hybridized carbons (Fsp3) is 0.708. The first-order chi connectivity index (χ1) is 14.4. The first-order valence-electron chi connectivity index (χ1n) is 11.8. The van der Waals surface area contributed by atoms with E-state index in [1.165, 1.54) is 25.7 Å². The molecule has 0 unspecified atom stereocenters. The molecule has 0 amide bonds. The van der Waals surface area contributed by atoms with E-state index in [9.17, 15) is 13.5 Å². The van der Waals surface area contributed by atoms with E-state index in [1.807, 2.05) is 19.1 Å². The van der Waals surface area contributed by atoms with Gasteiger partial charge in [-0.1, -0.05) is 17.7 Å². The van der Waals surface area contributed by atoms with Crippen LogP contribution in [0.1, 0.15) is 63.4 Å². The van der Waals surface area contributed by atoms with Crippen molar-refractivity contribution in [1.29, 1.82) is 0 Å². The Kier molecular flexibility index (Phi) is 5.42. The molecule has 1 aromatic carbocycles. The van der Waals surface area contributed by atoms with Crippen molar-refractivity contribution in [3.8, 4) is 0 Å². The smallest absolute Gasteiger partial charge is 0.276 e. The molecule has 5 rings (SSSR count). The van der Waals surface area contributed by atoms with Crippen LogP contribution in [0.2, 0.25) is 0 Å². The monoisotopic (exact) mass is 430 g/mol. The van der Waals surface area contributed by atoms with Crippen molar-refractivity contribution in [2.24, 2.45) is 40.6 Å². The van der Waals surface area contributed by atoms with Gasteiger partial charge in [-0.3, -0.25) is 0 Å². The van der Waals surface area contributed by atoms with Crippen molar-refractivity contribution in [1.82, 2.24) is 4.83 Å². The Hall–Kier alpha value is -1.40. The number of aryl methyl sites for hydroxylation is 1. The van der Waals surface area contributed by atoms with Crippen LogP contribution in [0, 0.1) is 42.4 Å². The lowest BCUT2D eigenvalue weighted by atomic mass is 9.53. The van der Waals surface area contributed by atoms with Gasteiger partial charge in [0.15, 0.2) is 0 Å². The van der Waals surface area contributed by atoms with Crippen molar-refractivity contribution >= 4 is 15.7 Å². The summed E-state index contributed by atoms with van der Waals surface area (Å²) in [5.41, 5.74) is 2.10. The Balaban J connectivity index is 1.28. The first kappa shape index (κ1) is 20.5. The molecule has 0 aliphatic heterocycles. The number of nitrogens with zero attached hydrogens (tertiary/aromatic N) is 1. The fourth-order valence-electron chi connectivity index (χ4n) is 7.30. The average molecular weight is 431 g/mol. The molecular weight excluding hydrogens is 396 g/mol. The third-order valence-electron chi connectivity index (χ3n) is 8.66. The summed E-state index contributed by atoms with van der Waals surface area (Å²) in [6.45, 7) is 1.95. The Morgan fingerprint density at radius 3 is 2.40 bits per heavy atom. The molecule has 4 aliphatic carbocycles. The van der Waals surface area contributed by atoms with E-state index in [-0.39, 0.29) is 11.0 Å². The second-order valence-electron chi connectivity index (χ2n) is 10.2. The maximum Gasteiger partial charge on any atom is 0.276 e. The predicted molar refractivity (Wildman–Crippen MR) is 117 cm³/mol. The van der Waals surface area contributed by atoms with Crippen molar-refractivity contribution in [2.75, 3.05) is 0 Å². The largest absolute Gasteiger partial charge is 0.393 e. The van der Waals surface area contributed by atoms with Gasteiger partial charge >= 0.3 is 0 Å². The predicted octanol–water partition coefficient (Wildman–Crippen LogP) is 4.25. The quantitative estimate of drug-likeness (QED) is 0.704. The van der Waals surface area contributed by atoms with E-state index in [0.717, 1.165) is 67.1 Å². The number of fused-ring (bicyclic) bond motifs is 5. The van der Waals surface area contributed by atoms with Crippen molar-refractivity contribution < 1.29 is 13.5 Å². The lowest BCUT2D eigenvalue weighted by Crippen LogP contribution is -2.45. The Morgan fingerprint density at radius 2 is 1.60 bits per heavy atom. The second kappa shape index (κ2) is 7.94. The molecule has 0 heterocycles. The molecule has 5 nitrogen and oxygen atoms in total. The number of aliphatic hydroxyl groups excluding tert-OH is 1. The van der Waals surface area contributed by atoms with Gasteiger partial charge in [-0.05, 0) is 106 Å². The van der Waals surface area contributed by atoms with Gasteiger partial charge in [-0.15, -0.1) is 0 Å². The SMILES string of the molecule is Cc1ccc(S(=O)(=O)N/N=C2/CC[C@H]3[C@H]4CC[C@H]5C[C@@H](O)CC[C@H]5[C@H]4CC[C@H]23)cc1. The molecule has 30 heavy (non-hydrogen) atoms. The molecule has 164 valence electrons. The van der Waals surface area contributed by atoms with Crippen LogP contribution in [-0.4, -0.2) is 25.3 Å². The summed E-state index contributed by atoms with van der Waals surface area (Å²) < 4.78 is 25.3. The normalized spacial score (nSPS) is 39.8. The van der Waals surface area contributed by atoms with E-state index in [1.54, 1.807) is 12.1 Å². The molecule has 0 spiro atoms. The Morgan fingerprint density at radius 1 is 0.900 bits per heavy atom. The van der Waals surface area contributed by atoms with Crippen molar-refractivity contribution in [2.45, 2.75) is 75.7 Å². The lowest BCUT2D eigenvalue weighted by molar-refractivity contribution is -0.0411. The fourth-order valence-corrected chi connectivity index (χ4v) is 8.13. The molecule has 6 heteroatoms. The number of nitrogens with one attached hydrogen (secondary N) is 1. The minimum atomic E-state index is -3.61. The summed E-state index contributed by atoms with van der Waals surface area (Å²) in [6.07, 6.45) is 10.1. The molecule has 7 atom stereocenters. The highest BCUT2D eigenvalue weighted by atomic mass is 32.2. The van der Waals surface area contributed by atoms with Gasteiger partial charge in [0, 0.05) is 11.6 Å².